The van der Waals surface area contributed by atoms with E-state index in [1.165, 1.54) is 26.0 Å². The molecule has 2 N–H and O–H groups in total. The summed E-state index contributed by atoms with van der Waals surface area (Å²) in [5.74, 6) is 3.84. The molecule has 0 aliphatic carbocycles. The number of halogens is 3. The van der Waals surface area contributed by atoms with Crippen molar-refractivity contribution in [1.82, 2.24) is 0 Å². The first-order valence-corrected chi connectivity index (χ1v) is 11.3. The maximum Gasteiger partial charge on any atom is 0.416 e. The molecule has 0 saturated heterocycles. The summed E-state index contributed by atoms with van der Waals surface area (Å²) < 4.78 is 72.4. The molecule has 0 aliphatic heterocycles. The summed E-state index contributed by atoms with van der Waals surface area (Å²) in [6, 6.07) is 8.59. The molecule has 0 heterocycles. The van der Waals surface area contributed by atoms with Crippen LogP contribution < -0.4 is 4.72 Å². The Balaban J connectivity index is 2.38. The van der Waals surface area contributed by atoms with Crippen LogP contribution in [0.5, 0.6) is 0 Å². The number of hydrogen-bond acceptors (Lipinski definition) is 4. The highest BCUT2D eigenvalue weighted by atomic mass is 32.2. The van der Waals surface area contributed by atoms with E-state index in [1.54, 1.807) is 12.1 Å². The van der Waals surface area contributed by atoms with Crippen LogP contribution in [0.25, 0.3) is 0 Å². The zero-order valence-corrected chi connectivity index (χ0v) is 19.3. The van der Waals surface area contributed by atoms with Gasteiger partial charge >= 0.3 is 12.1 Å². The third-order valence-electron chi connectivity index (χ3n) is 4.69. The highest BCUT2D eigenvalue weighted by Gasteiger charge is 2.31. The Kier molecular flexibility index (Phi) is 7.83. The summed E-state index contributed by atoms with van der Waals surface area (Å²) >= 11 is 0. The van der Waals surface area contributed by atoms with Gasteiger partial charge in [-0.3, -0.25) is 4.72 Å². The molecule has 2 aromatic carbocycles. The van der Waals surface area contributed by atoms with Crippen LogP contribution in [0.1, 0.15) is 50.3 Å². The van der Waals surface area contributed by atoms with E-state index in [4.69, 9.17) is 9.84 Å². The largest absolute Gasteiger partial charge is 0.479 e. The number of sulfonamides is 1. The van der Waals surface area contributed by atoms with Crippen molar-refractivity contribution in [3.8, 4) is 11.8 Å². The van der Waals surface area contributed by atoms with Crippen LogP contribution in [0.3, 0.4) is 0 Å². The molecule has 0 fully saturated rings. The summed E-state index contributed by atoms with van der Waals surface area (Å²) in [6.07, 6.45) is -4.66. The molecule has 0 bridgehead atoms. The van der Waals surface area contributed by atoms with E-state index < -0.39 is 39.9 Å². The fourth-order valence-electron chi connectivity index (χ4n) is 2.56. The van der Waals surface area contributed by atoms with Gasteiger partial charge in [0, 0.05) is 5.56 Å². The summed E-state index contributed by atoms with van der Waals surface area (Å²) in [5, 5.41) is 9.04. The Morgan fingerprint density at radius 2 is 1.73 bits per heavy atom. The van der Waals surface area contributed by atoms with Gasteiger partial charge in [-0.15, -0.1) is 0 Å². The van der Waals surface area contributed by atoms with Gasteiger partial charge in [-0.2, -0.15) is 13.2 Å². The molecular weight excluding hydrogens is 459 g/mol. The minimum Gasteiger partial charge on any atom is -0.479 e. The molecule has 33 heavy (non-hydrogen) atoms. The maximum absolute atomic E-state index is 13.2. The molecular formula is C23H24F3NO5S. The number of aliphatic carboxylic acids is 1. The zero-order valence-electron chi connectivity index (χ0n) is 18.4. The predicted octanol–water partition coefficient (Wildman–Crippen LogP) is 4.86. The SMILES string of the molecule is CC(C)c1ccc(S(=O)(=O)Nc2ccc(C(F)(F)F)cc2C#CCOC(C)(C)C(=O)O)cc1. The number of anilines is 1. The van der Waals surface area contributed by atoms with E-state index in [0.717, 1.165) is 23.8 Å². The number of hydrogen-bond donors (Lipinski definition) is 2. The Hall–Kier alpha value is -3.03. The van der Waals surface area contributed by atoms with Crippen LogP contribution in [-0.4, -0.2) is 31.7 Å². The number of carboxylic acids is 1. The average molecular weight is 484 g/mol. The Labute approximate surface area is 190 Å². The summed E-state index contributed by atoms with van der Waals surface area (Å²) in [4.78, 5) is 11.0. The van der Waals surface area contributed by atoms with Crippen LogP contribution in [-0.2, 0) is 25.7 Å². The minimum atomic E-state index is -4.66. The topological polar surface area (TPSA) is 92.7 Å². The smallest absolute Gasteiger partial charge is 0.416 e. The van der Waals surface area contributed by atoms with E-state index in [9.17, 15) is 26.4 Å². The molecule has 0 atom stereocenters. The quantitative estimate of drug-likeness (QED) is 0.549. The second kappa shape index (κ2) is 9.85. The highest BCUT2D eigenvalue weighted by molar-refractivity contribution is 7.92. The minimum absolute atomic E-state index is 0.0581. The first kappa shape index (κ1) is 26.2. The first-order valence-electron chi connectivity index (χ1n) is 9.84. The fraction of sp³-hybridized carbons (Fsp3) is 0.348. The molecule has 0 radical (unpaired) electrons. The molecule has 178 valence electrons. The normalized spacial score (nSPS) is 12.2. The first-order chi connectivity index (χ1) is 15.1. The van der Waals surface area contributed by atoms with Gasteiger partial charge < -0.3 is 9.84 Å². The zero-order chi connectivity index (χ0) is 25.0. The van der Waals surface area contributed by atoms with Crippen molar-refractivity contribution in [2.24, 2.45) is 0 Å². The molecule has 6 nitrogen and oxygen atoms in total. The summed E-state index contributed by atoms with van der Waals surface area (Å²) in [5.41, 5.74) is -2.01. The highest BCUT2D eigenvalue weighted by Crippen LogP contribution is 2.32. The number of ether oxygens (including phenoxy) is 1. The molecule has 0 spiro atoms. The van der Waals surface area contributed by atoms with Crippen molar-refractivity contribution in [3.63, 3.8) is 0 Å². The Bertz CT molecular complexity index is 1180. The number of carbonyl (C=O) groups is 1. The van der Waals surface area contributed by atoms with Gasteiger partial charge in [0.05, 0.1) is 16.1 Å². The van der Waals surface area contributed by atoms with Crippen molar-refractivity contribution in [3.05, 3.63) is 59.2 Å². The van der Waals surface area contributed by atoms with Crippen molar-refractivity contribution < 1.29 is 36.2 Å². The van der Waals surface area contributed by atoms with Gasteiger partial charge in [-0.05, 0) is 55.7 Å². The average Bonchev–Trinajstić information content (AvgIpc) is 2.71. The number of benzene rings is 2. The van der Waals surface area contributed by atoms with E-state index >= 15 is 0 Å². The lowest BCUT2D eigenvalue weighted by Crippen LogP contribution is -2.34. The molecule has 0 unspecified atom stereocenters. The van der Waals surface area contributed by atoms with Gasteiger partial charge in [0.25, 0.3) is 10.0 Å². The Morgan fingerprint density at radius 1 is 1.12 bits per heavy atom. The van der Waals surface area contributed by atoms with Crippen molar-refractivity contribution in [1.29, 1.82) is 0 Å². The Morgan fingerprint density at radius 3 is 2.24 bits per heavy atom. The molecule has 0 amide bonds. The number of rotatable bonds is 7. The van der Waals surface area contributed by atoms with Crippen molar-refractivity contribution >= 4 is 21.7 Å². The number of alkyl halides is 3. The van der Waals surface area contributed by atoms with E-state index in [1.807, 2.05) is 13.8 Å². The lowest BCUT2D eigenvalue weighted by Gasteiger charge is -2.17. The second-order valence-corrected chi connectivity index (χ2v) is 9.68. The molecule has 0 aliphatic rings. The van der Waals surface area contributed by atoms with E-state index in [-0.39, 0.29) is 22.1 Å². The van der Waals surface area contributed by atoms with Crippen LogP contribution in [0.2, 0.25) is 0 Å². The standard InChI is InChI=1S/C23H24F3NO5S/c1-15(2)16-7-10-19(11-8-16)33(30,31)27-20-12-9-18(23(24,25)26)14-17(20)6-5-13-32-22(3,4)21(28)29/h7-12,14-15,27H,13H2,1-4H3,(H,28,29). The summed E-state index contributed by atoms with van der Waals surface area (Å²) in [6.45, 7) is 6.11. The third-order valence-corrected chi connectivity index (χ3v) is 6.07. The molecule has 10 heteroatoms. The van der Waals surface area contributed by atoms with Crippen LogP contribution in [0, 0.1) is 11.8 Å². The molecule has 2 rings (SSSR count). The molecule has 2 aromatic rings. The van der Waals surface area contributed by atoms with Crippen LogP contribution in [0.15, 0.2) is 47.4 Å². The molecule has 0 saturated carbocycles. The predicted molar refractivity (Wildman–Crippen MR) is 117 cm³/mol. The fourth-order valence-corrected chi connectivity index (χ4v) is 3.64. The van der Waals surface area contributed by atoms with Gasteiger partial charge in [0.15, 0.2) is 5.60 Å². The van der Waals surface area contributed by atoms with Gasteiger partial charge in [-0.25, -0.2) is 13.2 Å². The van der Waals surface area contributed by atoms with Gasteiger partial charge in [0.2, 0.25) is 0 Å². The maximum atomic E-state index is 13.2. The van der Waals surface area contributed by atoms with E-state index in [0.29, 0.717) is 0 Å². The van der Waals surface area contributed by atoms with Crippen LogP contribution >= 0.6 is 0 Å². The third kappa shape index (κ3) is 6.97. The second-order valence-electron chi connectivity index (χ2n) is 7.99. The van der Waals surface area contributed by atoms with E-state index in [2.05, 4.69) is 16.6 Å². The number of nitrogens with one attached hydrogen (secondary N) is 1. The van der Waals surface area contributed by atoms with Gasteiger partial charge in [0.1, 0.15) is 6.61 Å². The lowest BCUT2D eigenvalue weighted by atomic mass is 10.0. The van der Waals surface area contributed by atoms with Crippen molar-refractivity contribution in [2.45, 2.75) is 50.3 Å². The number of carboxylic acid groups (broad SMARTS) is 1. The lowest BCUT2D eigenvalue weighted by molar-refractivity contribution is -0.159. The van der Waals surface area contributed by atoms with Crippen molar-refractivity contribution in [2.75, 3.05) is 11.3 Å². The summed E-state index contributed by atoms with van der Waals surface area (Å²) in [7, 11) is -4.10. The van der Waals surface area contributed by atoms with Gasteiger partial charge in [-0.1, -0.05) is 37.8 Å². The monoisotopic (exact) mass is 483 g/mol. The molecule has 0 aromatic heterocycles. The van der Waals surface area contributed by atoms with Crippen LogP contribution in [0.4, 0.5) is 18.9 Å².